The van der Waals surface area contributed by atoms with E-state index in [2.05, 4.69) is 20.6 Å². The number of carbonyl (C=O) groups is 1. The Morgan fingerprint density at radius 2 is 2.03 bits per heavy atom. The van der Waals surface area contributed by atoms with Gasteiger partial charge in [-0.3, -0.25) is 4.79 Å². The standard InChI is InChI=1S/C22H19FN4O2/c1-11-5-14(25-9-11)8-16-15-6-13(7-18(23)20(15)27-21(16)28)17-10-26-22-19(12(17)2)24-3-4-29-22/h5-10,24-25H,3-4H2,1-2H3,(H,27,28)/b16-8-. The second-order valence-electron chi connectivity index (χ2n) is 7.28. The van der Waals surface area contributed by atoms with Crippen molar-refractivity contribution in [2.45, 2.75) is 13.8 Å². The third-order valence-electron chi connectivity index (χ3n) is 5.27. The number of amides is 1. The van der Waals surface area contributed by atoms with E-state index in [9.17, 15) is 9.18 Å². The number of H-pyrrole nitrogens is 1. The number of rotatable bonds is 2. The fourth-order valence-corrected chi connectivity index (χ4v) is 3.82. The largest absolute Gasteiger partial charge is 0.474 e. The van der Waals surface area contributed by atoms with Crippen molar-refractivity contribution in [1.29, 1.82) is 0 Å². The van der Waals surface area contributed by atoms with E-state index in [0.717, 1.165) is 28.1 Å². The Hall–Kier alpha value is -3.61. The number of nitrogens with zero attached hydrogens (tertiary/aromatic N) is 1. The quantitative estimate of drug-likeness (QED) is 0.575. The Bertz CT molecular complexity index is 1200. The first-order chi connectivity index (χ1) is 14.0. The number of pyridine rings is 1. The molecule has 0 saturated heterocycles. The molecule has 146 valence electrons. The van der Waals surface area contributed by atoms with E-state index >= 15 is 0 Å². The Morgan fingerprint density at radius 3 is 2.83 bits per heavy atom. The van der Waals surface area contributed by atoms with Gasteiger partial charge in [0.2, 0.25) is 5.88 Å². The zero-order valence-corrected chi connectivity index (χ0v) is 16.0. The van der Waals surface area contributed by atoms with E-state index in [1.807, 2.05) is 32.2 Å². The predicted molar refractivity (Wildman–Crippen MR) is 110 cm³/mol. The normalized spacial score (nSPS) is 16.1. The van der Waals surface area contributed by atoms with Crippen LogP contribution in [0.5, 0.6) is 5.88 Å². The van der Waals surface area contributed by atoms with Gasteiger partial charge in [-0.25, -0.2) is 9.37 Å². The van der Waals surface area contributed by atoms with Crippen molar-refractivity contribution in [2.75, 3.05) is 23.8 Å². The molecule has 0 atom stereocenters. The number of fused-ring (bicyclic) bond motifs is 2. The number of anilines is 2. The number of nitrogens with one attached hydrogen (secondary N) is 3. The van der Waals surface area contributed by atoms with E-state index in [4.69, 9.17) is 4.74 Å². The van der Waals surface area contributed by atoms with Gasteiger partial charge in [-0.2, -0.15) is 0 Å². The highest BCUT2D eigenvalue weighted by atomic mass is 19.1. The maximum absolute atomic E-state index is 14.9. The summed E-state index contributed by atoms with van der Waals surface area (Å²) < 4.78 is 20.5. The molecule has 2 aromatic heterocycles. The molecule has 7 heteroatoms. The molecule has 3 N–H and O–H groups in total. The minimum absolute atomic E-state index is 0.207. The van der Waals surface area contributed by atoms with E-state index in [-0.39, 0.29) is 11.6 Å². The molecule has 0 aliphatic carbocycles. The number of hydrogen-bond donors (Lipinski definition) is 3. The molecule has 0 spiro atoms. The molecule has 6 nitrogen and oxygen atoms in total. The van der Waals surface area contributed by atoms with Crippen LogP contribution < -0.4 is 15.4 Å². The van der Waals surface area contributed by atoms with Crippen LogP contribution in [0, 0.1) is 19.7 Å². The van der Waals surface area contributed by atoms with Gasteiger partial charge in [0.1, 0.15) is 18.1 Å². The summed E-state index contributed by atoms with van der Waals surface area (Å²) in [6.07, 6.45) is 5.28. The molecule has 0 saturated carbocycles. The SMILES string of the molecule is Cc1c[nH]c(/C=C2\C(=O)Nc3c(F)cc(-c4cnc5c(c4C)NCCO5)cc32)c1. The van der Waals surface area contributed by atoms with Crippen molar-refractivity contribution in [3.05, 3.63) is 58.8 Å². The van der Waals surface area contributed by atoms with Crippen LogP contribution >= 0.6 is 0 Å². The number of aromatic nitrogens is 2. The van der Waals surface area contributed by atoms with Crippen LogP contribution in [0.1, 0.15) is 22.4 Å². The number of ether oxygens (including phenoxy) is 1. The Labute approximate surface area is 166 Å². The van der Waals surface area contributed by atoms with Gasteiger partial charge in [-0.1, -0.05) is 0 Å². The molecule has 1 aromatic carbocycles. The van der Waals surface area contributed by atoms with Crippen LogP contribution in [0.4, 0.5) is 15.8 Å². The van der Waals surface area contributed by atoms with Gasteiger partial charge in [-0.15, -0.1) is 0 Å². The van der Waals surface area contributed by atoms with Crippen LogP contribution in [0.25, 0.3) is 22.8 Å². The number of carbonyl (C=O) groups excluding carboxylic acids is 1. The summed E-state index contributed by atoms with van der Waals surface area (Å²) in [6, 6.07) is 5.20. The molecule has 0 radical (unpaired) electrons. The summed E-state index contributed by atoms with van der Waals surface area (Å²) in [5.74, 6) is -0.240. The lowest BCUT2D eigenvalue weighted by atomic mass is 9.96. The van der Waals surface area contributed by atoms with Crippen molar-refractivity contribution < 1.29 is 13.9 Å². The first-order valence-corrected chi connectivity index (χ1v) is 9.40. The minimum atomic E-state index is -0.474. The molecule has 29 heavy (non-hydrogen) atoms. The van der Waals surface area contributed by atoms with E-state index in [1.54, 1.807) is 12.3 Å². The van der Waals surface area contributed by atoms with Gasteiger partial charge in [-0.05, 0) is 54.8 Å². The van der Waals surface area contributed by atoms with Crippen molar-refractivity contribution in [3.63, 3.8) is 0 Å². The first kappa shape index (κ1) is 17.5. The lowest BCUT2D eigenvalue weighted by molar-refractivity contribution is -0.110. The summed E-state index contributed by atoms with van der Waals surface area (Å²) in [7, 11) is 0. The van der Waals surface area contributed by atoms with Gasteiger partial charge in [0.15, 0.2) is 0 Å². The monoisotopic (exact) mass is 390 g/mol. The van der Waals surface area contributed by atoms with Gasteiger partial charge in [0, 0.05) is 35.8 Å². The Morgan fingerprint density at radius 1 is 1.17 bits per heavy atom. The molecule has 0 unspecified atom stereocenters. The van der Waals surface area contributed by atoms with Crippen molar-refractivity contribution in [1.82, 2.24) is 9.97 Å². The number of aromatic amines is 1. The molecule has 1 amide bonds. The number of hydrogen-bond acceptors (Lipinski definition) is 4. The second-order valence-corrected chi connectivity index (χ2v) is 7.28. The average Bonchev–Trinajstić information content (AvgIpc) is 3.26. The highest BCUT2D eigenvalue weighted by Crippen LogP contribution is 2.41. The molecule has 2 aliphatic heterocycles. The minimum Gasteiger partial charge on any atom is -0.474 e. The maximum atomic E-state index is 14.9. The molecular weight excluding hydrogens is 371 g/mol. The lowest BCUT2D eigenvalue weighted by Crippen LogP contribution is -2.20. The van der Waals surface area contributed by atoms with Crippen LogP contribution in [0.2, 0.25) is 0 Å². The zero-order chi connectivity index (χ0) is 20.1. The van der Waals surface area contributed by atoms with Crippen molar-refractivity contribution in [2.24, 2.45) is 0 Å². The maximum Gasteiger partial charge on any atom is 0.256 e. The summed E-state index contributed by atoms with van der Waals surface area (Å²) in [4.78, 5) is 20.0. The highest BCUT2D eigenvalue weighted by Gasteiger charge is 2.29. The van der Waals surface area contributed by atoms with Gasteiger partial charge in [0.05, 0.1) is 11.3 Å². The van der Waals surface area contributed by atoms with Crippen LogP contribution in [-0.4, -0.2) is 29.0 Å². The lowest BCUT2D eigenvalue weighted by Gasteiger charge is -2.21. The number of aryl methyl sites for hydroxylation is 1. The molecule has 0 bridgehead atoms. The Kier molecular flexibility index (Phi) is 3.91. The van der Waals surface area contributed by atoms with E-state index in [1.165, 1.54) is 6.07 Å². The topological polar surface area (TPSA) is 79.0 Å². The smallest absolute Gasteiger partial charge is 0.256 e. The second kappa shape index (κ2) is 6.48. The van der Waals surface area contributed by atoms with Crippen molar-refractivity contribution in [3.8, 4) is 17.0 Å². The summed E-state index contributed by atoms with van der Waals surface area (Å²) >= 11 is 0. The number of halogens is 1. The van der Waals surface area contributed by atoms with Crippen LogP contribution in [0.15, 0.2) is 30.6 Å². The van der Waals surface area contributed by atoms with E-state index < -0.39 is 5.82 Å². The fourth-order valence-electron chi connectivity index (χ4n) is 3.82. The third-order valence-corrected chi connectivity index (χ3v) is 5.27. The zero-order valence-electron chi connectivity index (χ0n) is 16.0. The summed E-state index contributed by atoms with van der Waals surface area (Å²) in [5.41, 5.74) is 6.22. The molecule has 0 fully saturated rings. The first-order valence-electron chi connectivity index (χ1n) is 9.40. The number of benzene rings is 1. The molecule has 3 aromatic rings. The van der Waals surface area contributed by atoms with Gasteiger partial charge >= 0.3 is 0 Å². The molecular formula is C22H19FN4O2. The predicted octanol–water partition coefficient (Wildman–Crippen LogP) is 4.13. The molecule has 2 aliphatic rings. The summed E-state index contributed by atoms with van der Waals surface area (Å²) in [6.45, 7) is 5.16. The van der Waals surface area contributed by atoms with Crippen LogP contribution in [0.3, 0.4) is 0 Å². The third kappa shape index (κ3) is 2.86. The van der Waals surface area contributed by atoms with Gasteiger partial charge < -0.3 is 20.4 Å². The average molecular weight is 390 g/mol. The van der Waals surface area contributed by atoms with Gasteiger partial charge in [0.25, 0.3) is 5.91 Å². The Balaban J connectivity index is 1.65. The van der Waals surface area contributed by atoms with Crippen molar-refractivity contribution >= 4 is 28.9 Å². The van der Waals surface area contributed by atoms with E-state index in [0.29, 0.717) is 35.7 Å². The van der Waals surface area contributed by atoms with Crippen LogP contribution in [-0.2, 0) is 4.79 Å². The highest BCUT2D eigenvalue weighted by molar-refractivity contribution is 6.35. The molecule has 4 heterocycles. The summed E-state index contributed by atoms with van der Waals surface area (Å²) in [5, 5.41) is 5.94. The molecule has 5 rings (SSSR count). The fraction of sp³-hybridized carbons (Fsp3) is 0.182.